The number of aromatic hydroxyl groups is 1. The topological polar surface area (TPSA) is 172 Å². The second-order valence-corrected chi connectivity index (χ2v) is 12.2. The quantitative estimate of drug-likeness (QED) is 0.104. The molecule has 4 unspecified atom stereocenters. The number of alkyl carbamates (subject to hydrolysis) is 1. The molecule has 11 heteroatoms. The smallest absolute Gasteiger partial charge is 0.407 e. The number of nitrogens with two attached hydrogens (primary N) is 1. The first-order valence-electron chi connectivity index (χ1n) is 16.5. The number of carbonyl (C=O) groups excluding carboxylic acids is 4. The van der Waals surface area contributed by atoms with Gasteiger partial charge in [-0.25, -0.2) is 9.59 Å². The molecule has 4 atom stereocenters. The predicted octanol–water partition coefficient (Wildman–Crippen LogP) is 5.06. The number of hydrogen-bond acceptors (Lipinski definition) is 6. The molecule has 0 fully saturated rings. The minimum absolute atomic E-state index is 0.0136. The zero-order valence-electron chi connectivity index (χ0n) is 28.0. The second-order valence-electron chi connectivity index (χ2n) is 12.2. The molecule has 48 heavy (non-hydrogen) atoms. The van der Waals surface area contributed by atoms with Gasteiger partial charge in [0.1, 0.15) is 17.9 Å². The van der Waals surface area contributed by atoms with Crippen molar-refractivity contribution < 1.29 is 29.0 Å². The summed E-state index contributed by atoms with van der Waals surface area (Å²) in [6.07, 6.45) is 2.26. The van der Waals surface area contributed by atoms with Crippen molar-refractivity contribution >= 4 is 23.9 Å². The molecule has 7 N–H and O–H groups in total. The van der Waals surface area contributed by atoms with Crippen molar-refractivity contribution in [2.75, 3.05) is 13.1 Å². The van der Waals surface area contributed by atoms with E-state index in [4.69, 9.17) is 10.5 Å². The Morgan fingerprint density at radius 2 is 1.27 bits per heavy atom. The van der Waals surface area contributed by atoms with Gasteiger partial charge in [-0.3, -0.25) is 9.59 Å². The van der Waals surface area contributed by atoms with Gasteiger partial charge < -0.3 is 36.8 Å². The summed E-state index contributed by atoms with van der Waals surface area (Å²) in [4.78, 5) is 51.5. The highest BCUT2D eigenvalue weighted by molar-refractivity contribution is 5.91. The zero-order valence-corrected chi connectivity index (χ0v) is 28.0. The number of rotatable bonds is 18. The molecular weight excluding hydrogens is 610 g/mol. The minimum atomic E-state index is -0.921. The van der Waals surface area contributed by atoms with Crippen LogP contribution < -0.4 is 27.0 Å². The lowest BCUT2D eigenvalue weighted by molar-refractivity contribution is -0.130. The maximum Gasteiger partial charge on any atom is 0.407 e. The van der Waals surface area contributed by atoms with E-state index in [0.717, 1.165) is 36.8 Å². The molecule has 0 aliphatic heterocycles. The van der Waals surface area contributed by atoms with Crippen molar-refractivity contribution in [3.8, 4) is 5.75 Å². The summed E-state index contributed by atoms with van der Waals surface area (Å²) < 4.78 is 5.85. The molecule has 3 aromatic rings. The molecular formula is C37H49N5O6. The van der Waals surface area contributed by atoms with Gasteiger partial charge in [-0.15, -0.1) is 0 Å². The Kier molecular flexibility index (Phi) is 15.2. The van der Waals surface area contributed by atoms with E-state index >= 15 is 0 Å². The first-order chi connectivity index (χ1) is 23.0. The van der Waals surface area contributed by atoms with Crippen molar-refractivity contribution in [1.82, 2.24) is 21.3 Å². The Labute approximate surface area is 283 Å². The molecule has 258 valence electrons. The van der Waals surface area contributed by atoms with Crippen molar-refractivity contribution in [2.45, 2.75) is 77.0 Å². The van der Waals surface area contributed by atoms with Crippen LogP contribution in [0.2, 0.25) is 0 Å². The molecule has 5 amide bonds. The molecule has 0 saturated heterocycles. The lowest BCUT2D eigenvalue weighted by Crippen LogP contribution is -2.52. The average Bonchev–Trinajstić information content (AvgIpc) is 3.06. The van der Waals surface area contributed by atoms with E-state index in [9.17, 15) is 24.3 Å². The Bertz CT molecular complexity index is 1440. The van der Waals surface area contributed by atoms with Crippen LogP contribution in [0.3, 0.4) is 0 Å². The van der Waals surface area contributed by atoms with Crippen LogP contribution in [0.1, 0.15) is 75.2 Å². The highest BCUT2D eigenvalue weighted by Crippen LogP contribution is 2.27. The number of urea groups is 1. The van der Waals surface area contributed by atoms with Gasteiger partial charge in [-0.2, -0.15) is 0 Å². The van der Waals surface area contributed by atoms with Crippen LogP contribution in [0.5, 0.6) is 5.75 Å². The summed E-state index contributed by atoms with van der Waals surface area (Å²) in [5.41, 5.74) is 7.38. The second kappa shape index (κ2) is 19.6. The van der Waals surface area contributed by atoms with Gasteiger partial charge in [0.05, 0.1) is 5.92 Å². The van der Waals surface area contributed by atoms with E-state index in [1.54, 1.807) is 19.1 Å². The third-order valence-corrected chi connectivity index (χ3v) is 7.97. The van der Waals surface area contributed by atoms with Crippen molar-refractivity contribution in [1.29, 1.82) is 0 Å². The van der Waals surface area contributed by atoms with Crippen LogP contribution in [-0.4, -0.2) is 54.2 Å². The molecule has 3 rings (SSSR count). The molecule has 0 heterocycles. The number of hydrogen-bond donors (Lipinski definition) is 6. The molecule has 0 aromatic heterocycles. The van der Waals surface area contributed by atoms with Gasteiger partial charge in [0.25, 0.3) is 0 Å². The van der Waals surface area contributed by atoms with Crippen molar-refractivity contribution in [3.63, 3.8) is 0 Å². The standard InChI is InChI=1S/C37H49N5O6/c1-25(2)33(29-16-10-7-11-17-29)48-37(47)41-26(3)32(28-14-8-6-9-15-28)35(45)42-31(24-27-18-20-30(43)21-19-27)34(44)39-22-12-4-5-13-23-40-36(38)46/h6-11,14-21,25-26,31-33,43H,4-5,12-13,22-24H2,1-3H3,(H,39,44)(H,41,47)(H,42,45)(H3,38,40,46). The number of primary amides is 1. The third kappa shape index (κ3) is 12.6. The van der Waals surface area contributed by atoms with Crippen LogP contribution in [0.25, 0.3) is 0 Å². The van der Waals surface area contributed by atoms with Crippen molar-refractivity contribution in [2.24, 2.45) is 11.7 Å². The van der Waals surface area contributed by atoms with Gasteiger partial charge in [-0.1, -0.05) is 99.5 Å². The largest absolute Gasteiger partial charge is 0.508 e. The number of ether oxygens (including phenoxy) is 1. The van der Waals surface area contributed by atoms with Crippen molar-refractivity contribution in [3.05, 3.63) is 102 Å². The van der Waals surface area contributed by atoms with Crippen LogP contribution in [0.4, 0.5) is 9.59 Å². The van der Waals surface area contributed by atoms with E-state index in [0.29, 0.717) is 18.7 Å². The number of phenols is 1. The normalized spacial score (nSPS) is 13.4. The highest BCUT2D eigenvalue weighted by atomic mass is 16.6. The lowest BCUT2D eigenvalue weighted by Gasteiger charge is -2.28. The molecule has 0 radical (unpaired) electrons. The Hall–Kier alpha value is -5.06. The maximum atomic E-state index is 14.0. The van der Waals surface area contributed by atoms with E-state index in [1.165, 1.54) is 12.1 Å². The SMILES string of the molecule is CC(C)C(OC(=O)NC(C)C(C(=O)NC(Cc1ccc(O)cc1)C(=O)NCCCCCCNC(N)=O)c1ccccc1)c1ccccc1. The third-order valence-electron chi connectivity index (χ3n) is 7.97. The van der Waals surface area contributed by atoms with Gasteiger partial charge in [0.15, 0.2) is 0 Å². The fourth-order valence-electron chi connectivity index (χ4n) is 5.47. The summed E-state index contributed by atoms with van der Waals surface area (Å²) >= 11 is 0. The Balaban J connectivity index is 1.72. The lowest BCUT2D eigenvalue weighted by atomic mass is 9.90. The molecule has 3 aromatic carbocycles. The number of carbonyl (C=O) groups is 4. The fraction of sp³-hybridized carbons (Fsp3) is 0.405. The average molecular weight is 660 g/mol. The van der Waals surface area contributed by atoms with Gasteiger partial charge in [0.2, 0.25) is 11.8 Å². The fourth-order valence-corrected chi connectivity index (χ4v) is 5.47. The van der Waals surface area contributed by atoms with Crippen LogP contribution in [0, 0.1) is 5.92 Å². The summed E-state index contributed by atoms with van der Waals surface area (Å²) in [5, 5.41) is 21.0. The molecule has 11 nitrogen and oxygen atoms in total. The summed E-state index contributed by atoms with van der Waals surface area (Å²) in [6, 6.07) is 22.9. The van der Waals surface area contributed by atoms with Gasteiger partial charge in [0, 0.05) is 25.6 Å². The highest BCUT2D eigenvalue weighted by Gasteiger charge is 2.32. The monoisotopic (exact) mass is 659 g/mol. The Morgan fingerprint density at radius 3 is 1.83 bits per heavy atom. The molecule has 0 bridgehead atoms. The molecule has 0 aliphatic rings. The number of amides is 5. The number of nitrogens with one attached hydrogen (secondary N) is 4. The van der Waals surface area contributed by atoms with Crippen LogP contribution >= 0.6 is 0 Å². The number of phenolic OH excluding ortho intramolecular Hbond substituents is 1. The number of unbranched alkanes of at least 4 members (excludes halogenated alkanes) is 3. The van der Waals surface area contributed by atoms with E-state index in [-0.39, 0.29) is 24.0 Å². The first-order valence-corrected chi connectivity index (χ1v) is 16.5. The summed E-state index contributed by atoms with van der Waals surface area (Å²) in [5.74, 6) is -1.51. The molecule has 0 spiro atoms. The maximum absolute atomic E-state index is 14.0. The van der Waals surface area contributed by atoms with E-state index in [1.807, 2.05) is 74.5 Å². The first kappa shape index (κ1) is 37.4. The minimum Gasteiger partial charge on any atom is -0.508 e. The summed E-state index contributed by atoms with van der Waals surface area (Å²) in [6.45, 7) is 6.59. The van der Waals surface area contributed by atoms with E-state index in [2.05, 4.69) is 21.3 Å². The molecule has 0 saturated carbocycles. The number of benzene rings is 3. The Morgan fingerprint density at radius 1 is 0.708 bits per heavy atom. The van der Waals surface area contributed by atoms with Gasteiger partial charge in [-0.05, 0) is 54.5 Å². The van der Waals surface area contributed by atoms with E-state index < -0.39 is 42.1 Å². The zero-order chi connectivity index (χ0) is 34.9. The molecule has 0 aliphatic carbocycles. The summed E-state index contributed by atoms with van der Waals surface area (Å²) in [7, 11) is 0. The predicted molar refractivity (Wildman–Crippen MR) is 185 cm³/mol. The van der Waals surface area contributed by atoms with Crippen LogP contribution in [0.15, 0.2) is 84.9 Å². The van der Waals surface area contributed by atoms with Gasteiger partial charge >= 0.3 is 12.1 Å². The van der Waals surface area contributed by atoms with Crippen LogP contribution in [-0.2, 0) is 20.7 Å².